The maximum absolute atomic E-state index is 12.0. The monoisotopic (exact) mass is 302 g/mol. The normalized spacial score (nSPS) is 15.3. The van der Waals surface area contributed by atoms with E-state index in [0.29, 0.717) is 12.3 Å². The molecule has 0 heterocycles. The minimum atomic E-state index is -0.169. The average Bonchev–Trinajstić information content (AvgIpc) is 2.54. The number of hydrogen-bond acceptors (Lipinski definition) is 2. The predicted octanol–water partition coefficient (Wildman–Crippen LogP) is 3.27. The molecule has 1 saturated carbocycles. The van der Waals surface area contributed by atoms with Crippen LogP contribution in [0.4, 0.5) is 5.69 Å². The molecule has 0 radical (unpaired) electrons. The highest BCUT2D eigenvalue weighted by atomic mass is 16.2. The summed E-state index contributed by atoms with van der Waals surface area (Å²) in [5.74, 6) is 0.321. The van der Waals surface area contributed by atoms with Crippen LogP contribution in [-0.2, 0) is 16.0 Å². The Kier molecular flexibility index (Phi) is 6.44. The molecule has 0 bridgehead atoms. The molecule has 2 amide bonds. The number of rotatable bonds is 6. The van der Waals surface area contributed by atoms with Gasteiger partial charge in [0.25, 0.3) is 0 Å². The summed E-state index contributed by atoms with van der Waals surface area (Å²) in [6, 6.07) is 7.74. The quantitative estimate of drug-likeness (QED) is 0.847. The van der Waals surface area contributed by atoms with E-state index in [1.807, 2.05) is 24.3 Å². The minimum Gasteiger partial charge on any atom is -0.347 e. The lowest BCUT2D eigenvalue weighted by Gasteiger charge is -2.20. The summed E-state index contributed by atoms with van der Waals surface area (Å²) in [5, 5.41) is 5.60. The van der Waals surface area contributed by atoms with Crippen molar-refractivity contribution in [3.05, 3.63) is 29.8 Å². The van der Waals surface area contributed by atoms with E-state index >= 15 is 0 Å². The SMILES string of the molecule is CCc1ccccc1NC(=O)CNC(=O)CC1CCCCC1. The predicted molar refractivity (Wildman–Crippen MR) is 88.7 cm³/mol. The van der Waals surface area contributed by atoms with E-state index in [4.69, 9.17) is 0 Å². The Hall–Kier alpha value is -1.84. The summed E-state index contributed by atoms with van der Waals surface area (Å²) in [6.07, 6.45) is 7.45. The highest BCUT2D eigenvalue weighted by Crippen LogP contribution is 2.26. The maximum Gasteiger partial charge on any atom is 0.243 e. The second-order valence-corrected chi connectivity index (χ2v) is 6.04. The Balaban J connectivity index is 1.73. The van der Waals surface area contributed by atoms with Crippen LogP contribution >= 0.6 is 0 Å². The van der Waals surface area contributed by atoms with E-state index in [-0.39, 0.29) is 18.4 Å². The zero-order chi connectivity index (χ0) is 15.8. The van der Waals surface area contributed by atoms with Crippen LogP contribution in [0.3, 0.4) is 0 Å². The summed E-state index contributed by atoms with van der Waals surface area (Å²) < 4.78 is 0. The van der Waals surface area contributed by atoms with E-state index in [1.165, 1.54) is 19.3 Å². The van der Waals surface area contributed by atoms with Crippen LogP contribution in [0, 0.1) is 5.92 Å². The molecule has 0 aliphatic heterocycles. The van der Waals surface area contributed by atoms with Crippen LogP contribution in [0.25, 0.3) is 0 Å². The largest absolute Gasteiger partial charge is 0.347 e. The average molecular weight is 302 g/mol. The van der Waals surface area contributed by atoms with Gasteiger partial charge in [0.2, 0.25) is 11.8 Å². The molecule has 0 aromatic heterocycles. The molecule has 2 N–H and O–H groups in total. The number of carbonyl (C=O) groups excluding carboxylic acids is 2. The van der Waals surface area contributed by atoms with Crippen LogP contribution in [0.15, 0.2) is 24.3 Å². The van der Waals surface area contributed by atoms with Crippen molar-refractivity contribution >= 4 is 17.5 Å². The molecule has 1 aliphatic rings. The summed E-state index contributed by atoms with van der Waals surface area (Å²) in [5.41, 5.74) is 1.93. The van der Waals surface area contributed by atoms with E-state index in [0.717, 1.165) is 30.5 Å². The lowest BCUT2D eigenvalue weighted by atomic mass is 9.87. The van der Waals surface area contributed by atoms with Gasteiger partial charge in [-0.2, -0.15) is 0 Å². The number of aryl methyl sites for hydroxylation is 1. The number of benzene rings is 1. The molecule has 0 atom stereocenters. The third-order valence-corrected chi connectivity index (χ3v) is 4.32. The van der Waals surface area contributed by atoms with Crippen molar-refractivity contribution in [2.75, 3.05) is 11.9 Å². The van der Waals surface area contributed by atoms with Gasteiger partial charge in [-0.05, 0) is 36.8 Å². The van der Waals surface area contributed by atoms with Gasteiger partial charge in [-0.15, -0.1) is 0 Å². The second kappa shape index (κ2) is 8.57. The fourth-order valence-electron chi connectivity index (χ4n) is 3.05. The number of hydrogen-bond donors (Lipinski definition) is 2. The minimum absolute atomic E-state index is 0.00849. The van der Waals surface area contributed by atoms with Gasteiger partial charge >= 0.3 is 0 Å². The van der Waals surface area contributed by atoms with E-state index in [1.54, 1.807) is 0 Å². The van der Waals surface area contributed by atoms with Crippen LogP contribution < -0.4 is 10.6 Å². The lowest BCUT2D eigenvalue weighted by molar-refractivity contribution is -0.125. The molecular formula is C18H26N2O2. The molecule has 120 valence electrons. The van der Waals surface area contributed by atoms with Crippen molar-refractivity contribution in [2.24, 2.45) is 5.92 Å². The van der Waals surface area contributed by atoms with Gasteiger partial charge < -0.3 is 10.6 Å². The molecule has 2 rings (SSSR count). The van der Waals surface area contributed by atoms with Crippen molar-refractivity contribution in [1.82, 2.24) is 5.32 Å². The van der Waals surface area contributed by atoms with Crippen molar-refractivity contribution in [1.29, 1.82) is 0 Å². The zero-order valence-electron chi connectivity index (χ0n) is 13.4. The Morgan fingerprint density at radius 2 is 1.82 bits per heavy atom. The number of nitrogens with one attached hydrogen (secondary N) is 2. The molecule has 0 spiro atoms. The Labute approximate surface area is 132 Å². The van der Waals surface area contributed by atoms with Crippen molar-refractivity contribution < 1.29 is 9.59 Å². The summed E-state index contributed by atoms with van der Waals surface area (Å²) in [4.78, 5) is 23.9. The molecule has 0 unspecified atom stereocenters. The third-order valence-electron chi connectivity index (χ3n) is 4.32. The number of amides is 2. The fourth-order valence-corrected chi connectivity index (χ4v) is 3.05. The van der Waals surface area contributed by atoms with Gasteiger partial charge in [0.15, 0.2) is 0 Å². The van der Waals surface area contributed by atoms with Gasteiger partial charge in [-0.1, -0.05) is 44.4 Å². The van der Waals surface area contributed by atoms with Crippen LogP contribution in [0.2, 0.25) is 0 Å². The van der Waals surface area contributed by atoms with Crippen molar-refractivity contribution in [2.45, 2.75) is 51.9 Å². The third kappa shape index (κ3) is 5.17. The van der Waals surface area contributed by atoms with Crippen LogP contribution in [0.5, 0.6) is 0 Å². The van der Waals surface area contributed by atoms with Gasteiger partial charge in [0.1, 0.15) is 0 Å². The molecular weight excluding hydrogens is 276 g/mol. The Bertz CT molecular complexity index is 508. The number of para-hydroxylation sites is 1. The first-order valence-electron chi connectivity index (χ1n) is 8.33. The molecule has 1 aliphatic carbocycles. The van der Waals surface area contributed by atoms with Gasteiger partial charge in [0.05, 0.1) is 6.54 Å². The van der Waals surface area contributed by atoms with Crippen LogP contribution in [-0.4, -0.2) is 18.4 Å². The van der Waals surface area contributed by atoms with Crippen LogP contribution in [0.1, 0.15) is 51.0 Å². The maximum atomic E-state index is 12.0. The lowest BCUT2D eigenvalue weighted by Crippen LogP contribution is -2.34. The fraction of sp³-hybridized carbons (Fsp3) is 0.556. The first-order valence-corrected chi connectivity index (χ1v) is 8.33. The summed E-state index contributed by atoms with van der Waals surface area (Å²) >= 11 is 0. The molecule has 1 aromatic rings. The molecule has 22 heavy (non-hydrogen) atoms. The van der Waals surface area contributed by atoms with Gasteiger partial charge in [-0.25, -0.2) is 0 Å². The molecule has 1 fully saturated rings. The zero-order valence-corrected chi connectivity index (χ0v) is 13.4. The van der Waals surface area contributed by atoms with E-state index in [2.05, 4.69) is 17.6 Å². The molecule has 1 aromatic carbocycles. The number of carbonyl (C=O) groups is 2. The first kappa shape index (κ1) is 16.5. The van der Waals surface area contributed by atoms with E-state index < -0.39 is 0 Å². The molecule has 4 nitrogen and oxygen atoms in total. The van der Waals surface area contributed by atoms with E-state index in [9.17, 15) is 9.59 Å². The highest BCUT2D eigenvalue weighted by molar-refractivity contribution is 5.95. The highest BCUT2D eigenvalue weighted by Gasteiger charge is 2.17. The van der Waals surface area contributed by atoms with Gasteiger partial charge in [-0.3, -0.25) is 9.59 Å². The topological polar surface area (TPSA) is 58.2 Å². The smallest absolute Gasteiger partial charge is 0.243 e. The standard InChI is InChI=1S/C18H26N2O2/c1-2-15-10-6-7-11-16(15)20-18(22)13-19-17(21)12-14-8-4-3-5-9-14/h6-7,10-11,14H,2-5,8-9,12-13H2,1H3,(H,19,21)(H,20,22). The van der Waals surface area contributed by atoms with Crippen molar-refractivity contribution in [3.8, 4) is 0 Å². The summed E-state index contributed by atoms with van der Waals surface area (Å²) in [6.45, 7) is 2.10. The molecule has 0 saturated heterocycles. The number of anilines is 1. The molecule has 4 heteroatoms. The van der Waals surface area contributed by atoms with Gasteiger partial charge in [0, 0.05) is 12.1 Å². The van der Waals surface area contributed by atoms with Crippen molar-refractivity contribution in [3.63, 3.8) is 0 Å². The second-order valence-electron chi connectivity index (χ2n) is 6.04. The Morgan fingerprint density at radius 1 is 1.09 bits per heavy atom. The Morgan fingerprint density at radius 3 is 2.55 bits per heavy atom. The first-order chi connectivity index (χ1) is 10.7. The summed E-state index contributed by atoms with van der Waals surface area (Å²) in [7, 11) is 0.